The summed E-state index contributed by atoms with van der Waals surface area (Å²) in [5, 5.41) is 2.95. The number of hydrogen-bond donors (Lipinski definition) is 2. The molecule has 2 N–H and O–H groups in total. The van der Waals surface area contributed by atoms with Gasteiger partial charge in [-0.1, -0.05) is 36.9 Å². The minimum atomic E-state index is -3.99. The zero-order valence-electron chi connectivity index (χ0n) is 17.4. The van der Waals surface area contributed by atoms with Gasteiger partial charge in [-0.2, -0.15) is 0 Å². The molecule has 0 aliphatic rings. The molecule has 0 saturated heterocycles. The van der Waals surface area contributed by atoms with Crippen LogP contribution in [0.25, 0.3) is 0 Å². The molecule has 1 aromatic heterocycles. The van der Waals surface area contributed by atoms with Crippen LogP contribution in [-0.4, -0.2) is 30.0 Å². The number of carbonyl (C=O) groups is 1. The van der Waals surface area contributed by atoms with Gasteiger partial charge in [-0.3, -0.25) is 9.59 Å². The van der Waals surface area contributed by atoms with Crippen LogP contribution in [0, 0.1) is 13.8 Å². The summed E-state index contributed by atoms with van der Waals surface area (Å²) in [5.41, 5.74) is 3.11. The largest absolute Gasteiger partial charge is 0.325 e. The highest BCUT2D eigenvalue weighted by molar-refractivity contribution is 7.99. The van der Waals surface area contributed by atoms with Crippen LogP contribution in [-0.2, 0) is 21.1 Å². The third-order valence-corrected chi connectivity index (χ3v) is 7.46. The van der Waals surface area contributed by atoms with Gasteiger partial charge in [0.15, 0.2) is 10.1 Å². The second-order valence-corrected chi connectivity index (χ2v) is 9.90. The molecular formula is C22H23N3O4S2. The Morgan fingerprint density at radius 1 is 1.10 bits per heavy atom. The highest BCUT2D eigenvalue weighted by Gasteiger charge is 2.22. The minimum absolute atomic E-state index is 0.0143. The van der Waals surface area contributed by atoms with Crippen LogP contribution in [0.15, 0.2) is 68.4 Å². The zero-order valence-corrected chi connectivity index (χ0v) is 19.1. The van der Waals surface area contributed by atoms with Gasteiger partial charge in [0.2, 0.25) is 15.7 Å². The van der Waals surface area contributed by atoms with Crippen molar-refractivity contribution in [2.75, 3.05) is 11.1 Å². The van der Waals surface area contributed by atoms with E-state index in [1.807, 2.05) is 39.0 Å². The van der Waals surface area contributed by atoms with Crippen LogP contribution in [0.1, 0.15) is 23.6 Å². The molecule has 9 heteroatoms. The zero-order chi connectivity index (χ0) is 22.6. The number of H-pyrrole nitrogens is 1. The molecule has 0 spiro atoms. The average Bonchev–Trinajstić information content (AvgIpc) is 2.75. The lowest BCUT2D eigenvalue weighted by atomic mass is 10.1. The van der Waals surface area contributed by atoms with E-state index in [0.29, 0.717) is 5.69 Å². The topological polar surface area (TPSA) is 109 Å². The molecular weight excluding hydrogens is 434 g/mol. The first kappa shape index (κ1) is 22.8. The van der Waals surface area contributed by atoms with E-state index in [0.717, 1.165) is 41.1 Å². The lowest BCUT2D eigenvalue weighted by Crippen LogP contribution is -2.20. The van der Waals surface area contributed by atoms with E-state index < -0.39 is 20.3 Å². The Morgan fingerprint density at radius 3 is 2.42 bits per heavy atom. The van der Waals surface area contributed by atoms with Crippen molar-refractivity contribution in [2.45, 2.75) is 42.1 Å². The van der Waals surface area contributed by atoms with E-state index in [9.17, 15) is 18.0 Å². The van der Waals surface area contributed by atoms with Crippen molar-refractivity contribution in [3.8, 4) is 0 Å². The van der Waals surface area contributed by atoms with E-state index in [4.69, 9.17) is 0 Å². The maximum Gasteiger partial charge on any atom is 0.270 e. The van der Waals surface area contributed by atoms with Crippen LogP contribution in [0.2, 0.25) is 0 Å². The number of carbonyl (C=O) groups excluding carboxylic acids is 1. The predicted octanol–water partition coefficient (Wildman–Crippen LogP) is 3.51. The van der Waals surface area contributed by atoms with Crippen LogP contribution in [0.4, 0.5) is 5.69 Å². The summed E-state index contributed by atoms with van der Waals surface area (Å²) in [6.07, 6.45) is 1.82. The van der Waals surface area contributed by atoms with E-state index >= 15 is 0 Å². The van der Waals surface area contributed by atoms with Crippen LogP contribution < -0.4 is 10.9 Å². The first-order valence-electron chi connectivity index (χ1n) is 9.64. The molecule has 0 aliphatic heterocycles. The molecule has 0 saturated carbocycles. The molecule has 3 aromatic rings. The highest BCUT2D eigenvalue weighted by atomic mass is 32.2. The number of nitrogens with one attached hydrogen (secondary N) is 2. The summed E-state index contributed by atoms with van der Waals surface area (Å²) >= 11 is 1.02. The van der Waals surface area contributed by atoms with E-state index in [2.05, 4.69) is 15.3 Å². The first-order valence-corrected chi connectivity index (χ1v) is 12.1. The minimum Gasteiger partial charge on any atom is -0.325 e. The fourth-order valence-corrected chi connectivity index (χ4v) is 4.68. The molecule has 0 unspecified atom stereocenters. The Kier molecular flexibility index (Phi) is 6.97. The van der Waals surface area contributed by atoms with Crippen LogP contribution in [0.5, 0.6) is 0 Å². The molecule has 0 aliphatic carbocycles. The van der Waals surface area contributed by atoms with Crippen molar-refractivity contribution in [1.82, 2.24) is 9.97 Å². The lowest BCUT2D eigenvalue weighted by molar-refractivity contribution is -0.113. The molecule has 0 fully saturated rings. The van der Waals surface area contributed by atoms with Crippen molar-refractivity contribution in [3.63, 3.8) is 0 Å². The fraction of sp³-hybridized carbons (Fsp3) is 0.227. The van der Waals surface area contributed by atoms with Gasteiger partial charge in [-0.05, 0) is 61.2 Å². The van der Waals surface area contributed by atoms with E-state index in [-0.39, 0.29) is 21.7 Å². The standard InChI is InChI=1S/C22H23N3O4S2/c1-4-16-6-9-18(10-7-16)31(28,29)19-12-23-22(25-21(19)27)30-13-20(26)24-17-8-5-14(2)15(3)11-17/h5-12H,4,13H2,1-3H3,(H,24,26)(H,23,25,27). The number of aromatic nitrogens is 2. The maximum atomic E-state index is 12.8. The Balaban J connectivity index is 1.69. The van der Waals surface area contributed by atoms with Crippen molar-refractivity contribution in [2.24, 2.45) is 0 Å². The molecule has 1 heterocycles. The van der Waals surface area contributed by atoms with Gasteiger partial charge in [-0.25, -0.2) is 13.4 Å². The summed E-state index contributed by atoms with van der Waals surface area (Å²) in [5.74, 6) is -0.246. The molecule has 3 rings (SSSR count). The molecule has 0 radical (unpaired) electrons. The molecule has 162 valence electrons. The smallest absolute Gasteiger partial charge is 0.270 e. The Bertz CT molecular complexity index is 1270. The van der Waals surface area contributed by atoms with Gasteiger partial charge in [0.05, 0.1) is 16.8 Å². The number of nitrogens with zero attached hydrogens (tertiary/aromatic N) is 1. The number of anilines is 1. The number of hydrogen-bond acceptors (Lipinski definition) is 6. The lowest BCUT2D eigenvalue weighted by Gasteiger charge is -2.08. The second kappa shape index (κ2) is 9.49. The quantitative estimate of drug-likeness (QED) is 0.415. The molecule has 31 heavy (non-hydrogen) atoms. The van der Waals surface area contributed by atoms with Crippen molar-refractivity contribution in [3.05, 3.63) is 75.7 Å². The Morgan fingerprint density at radius 2 is 1.81 bits per heavy atom. The number of aromatic amines is 1. The number of rotatable bonds is 7. The van der Waals surface area contributed by atoms with Crippen molar-refractivity contribution < 1.29 is 13.2 Å². The molecule has 1 amide bonds. The van der Waals surface area contributed by atoms with Crippen molar-refractivity contribution >= 4 is 33.2 Å². The van der Waals surface area contributed by atoms with Gasteiger partial charge in [0.1, 0.15) is 0 Å². The second-order valence-electron chi connectivity index (χ2n) is 7.02. The molecule has 0 atom stereocenters. The Hall–Kier alpha value is -2.91. The summed E-state index contributed by atoms with van der Waals surface area (Å²) in [7, 11) is -3.99. The summed E-state index contributed by atoms with van der Waals surface area (Å²) < 4.78 is 25.5. The van der Waals surface area contributed by atoms with Gasteiger partial charge in [-0.15, -0.1) is 0 Å². The number of aryl methyl sites for hydroxylation is 3. The monoisotopic (exact) mass is 457 g/mol. The number of sulfone groups is 1. The molecule has 2 aromatic carbocycles. The highest BCUT2D eigenvalue weighted by Crippen LogP contribution is 2.20. The maximum absolute atomic E-state index is 12.8. The van der Waals surface area contributed by atoms with Crippen LogP contribution >= 0.6 is 11.8 Å². The van der Waals surface area contributed by atoms with Crippen LogP contribution in [0.3, 0.4) is 0 Å². The summed E-state index contributed by atoms with van der Waals surface area (Å²) in [6.45, 7) is 5.92. The number of amides is 1. The van der Waals surface area contributed by atoms with E-state index in [1.54, 1.807) is 12.1 Å². The third-order valence-electron chi connectivity index (χ3n) is 4.81. The molecule has 7 nitrogen and oxygen atoms in total. The van der Waals surface area contributed by atoms with E-state index in [1.165, 1.54) is 12.1 Å². The predicted molar refractivity (Wildman–Crippen MR) is 121 cm³/mol. The van der Waals surface area contributed by atoms with Gasteiger partial charge in [0, 0.05) is 5.69 Å². The number of benzene rings is 2. The SMILES string of the molecule is CCc1ccc(S(=O)(=O)c2cnc(SCC(=O)Nc3ccc(C)c(C)c3)[nH]c2=O)cc1. The van der Waals surface area contributed by atoms with Gasteiger partial charge >= 0.3 is 0 Å². The average molecular weight is 458 g/mol. The normalized spacial score (nSPS) is 11.3. The van der Waals surface area contributed by atoms with Crippen molar-refractivity contribution in [1.29, 1.82) is 0 Å². The van der Waals surface area contributed by atoms with Gasteiger partial charge < -0.3 is 10.3 Å². The number of thioether (sulfide) groups is 1. The summed E-state index contributed by atoms with van der Waals surface area (Å²) in [6, 6.07) is 12.0. The fourth-order valence-electron chi connectivity index (χ4n) is 2.81. The summed E-state index contributed by atoms with van der Waals surface area (Å²) in [4.78, 5) is 30.7. The molecule has 0 bridgehead atoms. The Labute approximate surface area is 185 Å². The first-order chi connectivity index (χ1) is 14.7. The van der Waals surface area contributed by atoms with Gasteiger partial charge in [0.25, 0.3) is 5.56 Å². The third kappa shape index (κ3) is 5.42.